The average molecular weight is 342 g/mol. The van der Waals surface area contributed by atoms with E-state index in [0.717, 1.165) is 19.3 Å². The molecular formula is C15H26N4O3S. The Bertz CT molecular complexity index is 634. The number of aromatic nitrogens is 2. The Hall–Kier alpha value is -1.41. The van der Waals surface area contributed by atoms with Crippen molar-refractivity contribution in [2.75, 3.05) is 19.6 Å². The standard InChI is InChI=1S/C15H26N4O3S/c1-4-5-8-16-15(20)13-7-6-9-19(10-13)23(21,22)14-11(2)17-18-12(14)3/h13H,4-10H2,1-3H3,(H,16,20)(H,17,18). The molecule has 1 saturated heterocycles. The van der Waals surface area contributed by atoms with Crippen molar-refractivity contribution in [1.29, 1.82) is 0 Å². The molecule has 2 N–H and O–H groups in total. The molecule has 0 bridgehead atoms. The highest BCUT2D eigenvalue weighted by atomic mass is 32.2. The second-order valence-corrected chi connectivity index (χ2v) is 7.98. The van der Waals surface area contributed by atoms with E-state index in [1.165, 1.54) is 4.31 Å². The lowest BCUT2D eigenvalue weighted by molar-refractivity contribution is -0.126. The molecular weight excluding hydrogens is 316 g/mol. The molecule has 1 aromatic rings. The van der Waals surface area contributed by atoms with Crippen LogP contribution >= 0.6 is 0 Å². The smallest absolute Gasteiger partial charge is 0.246 e. The van der Waals surface area contributed by atoms with Gasteiger partial charge < -0.3 is 5.32 Å². The van der Waals surface area contributed by atoms with Gasteiger partial charge in [-0.2, -0.15) is 9.40 Å². The van der Waals surface area contributed by atoms with Crippen LogP contribution in [0, 0.1) is 19.8 Å². The lowest BCUT2D eigenvalue weighted by Crippen LogP contribution is -2.45. The normalized spacial score (nSPS) is 19.7. The van der Waals surface area contributed by atoms with Gasteiger partial charge in [0.25, 0.3) is 0 Å². The average Bonchev–Trinajstić information content (AvgIpc) is 2.87. The van der Waals surface area contributed by atoms with Crippen LogP contribution in [-0.4, -0.2) is 48.5 Å². The predicted octanol–water partition coefficient (Wildman–Crippen LogP) is 1.34. The molecule has 0 aromatic carbocycles. The molecule has 1 aliphatic rings. The summed E-state index contributed by atoms with van der Waals surface area (Å²) in [5, 5.41) is 9.59. The number of sulfonamides is 1. The van der Waals surface area contributed by atoms with Gasteiger partial charge in [-0.15, -0.1) is 0 Å². The first kappa shape index (κ1) is 17.9. The lowest BCUT2D eigenvalue weighted by Gasteiger charge is -2.31. The quantitative estimate of drug-likeness (QED) is 0.763. The molecule has 1 fully saturated rings. The molecule has 130 valence electrons. The Balaban J connectivity index is 2.10. The summed E-state index contributed by atoms with van der Waals surface area (Å²) < 4.78 is 27.1. The molecule has 1 aliphatic heterocycles. The van der Waals surface area contributed by atoms with Crippen molar-refractivity contribution in [2.45, 2.75) is 51.3 Å². The molecule has 1 amide bonds. The zero-order valence-corrected chi connectivity index (χ0v) is 14.9. The third-order valence-electron chi connectivity index (χ3n) is 4.24. The fraction of sp³-hybridized carbons (Fsp3) is 0.733. The largest absolute Gasteiger partial charge is 0.356 e. The minimum Gasteiger partial charge on any atom is -0.356 e. The first-order valence-electron chi connectivity index (χ1n) is 8.17. The molecule has 0 spiro atoms. The topological polar surface area (TPSA) is 95.2 Å². The van der Waals surface area contributed by atoms with E-state index in [2.05, 4.69) is 22.4 Å². The van der Waals surface area contributed by atoms with Gasteiger partial charge in [-0.1, -0.05) is 13.3 Å². The minimum absolute atomic E-state index is 0.0426. The fourth-order valence-electron chi connectivity index (χ4n) is 2.96. The van der Waals surface area contributed by atoms with E-state index in [4.69, 9.17) is 0 Å². The number of aromatic amines is 1. The van der Waals surface area contributed by atoms with Crippen LogP contribution in [-0.2, 0) is 14.8 Å². The zero-order chi connectivity index (χ0) is 17.0. The van der Waals surface area contributed by atoms with Crippen LogP contribution < -0.4 is 5.32 Å². The lowest BCUT2D eigenvalue weighted by atomic mass is 9.99. The minimum atomic E-state index is -3.61. The van der Waals surface area contributed by atoms with E-state index in [-0.39, 0.29) is 23.3 Å². The number of aryl methyl sites for hydroxylation is 2. The van der Waals surface area contributed by atoms with Gasteiger partial charge in [0.15, 0.2) is 0 Å². The van der Waals surface area contributed by atoms with Gasteiger partial charge in [0.05, 0.1) is 17.3 Å². The van der Waals surface area contributed by atoms with Crippen LogP contribution in [0.5, 0.6) is 0 Å². The maximum atomic E-state index is 12.9. The first-order valence-corrected chi connectivity index (χ1v) is 9.61. The summed E-state index contributed by atoms with van der Waals surface area (Å²) in [5.41, 5.74) is 1.01. The summed E-state index contributed by atoms with van der Waals surface area (Å²) >= 11 is 0. The van der Waals surface area contributed by atoms with E-state index in [9.17, 15) is 13.2 Å². The Labute approximate surface area is 137 Å². The number of carbonyl (C=O) groups excluding carboxylic acids is 1. The number of nitrogens with zero attached hydrogens (tertiary/aromatic N) is 2. The molecule has 1 atom stereocenters. The van der Waals surface area contributed by atoms with E-state index in [1.807, 2.05) is 0 Å². The van der Waals surface area contributed by atoms with Crippen LogP contribution in [0.15, 0.2) is 4.90 Å². The number of hydrogen-bond acceptors (Lipinski definition) is 4. The highest BCUT2D eigenvalue weighted by molar-refractivity contribution is 7.89. The summed E-state index contributed by atoms with van der Waals surface area (Å²) in [6.07, 6.45) is 3.38. The molecule has 2 heterocycles. The van der Waals surface area contributed by atoms with E-state index in [1.54, 1.807) is 13.8 Å². The molecule has 0 aliphatic carbocycles. The molecule has 23 heavy (non-hydrogen) atoms. The van der Waals surface area contributed by atoms with Crippen LogP contribution in [0.3, 0.4) is 0 Å². The highest BCUT2D eigenvalue weighted by Crippen LogP contribution is 2.26. The maximum Gasteiger partial charge on any atom is 0.246 e. The van der Waals surface area contributed by atoms with Gasteiger partial charge in [-0.25, -0.2) is 8.42 Å². The Morgan fingerprint density at radius 1 is 1.43 bits per heavy atom. The molecule has 8 heteroatoms. The van der Waals surface area contributed by atoms with Crippen LogP contribution in [0.2, 0.25) is 0 Å². The summed E-state index contributed by atoms with van der Waals surface area (Å²) in [7, 11) is -3.61. The second-order valence-electron chi connectivity index (χ2n) is 6.11. The van der Waals surface area contributed by atoms with Gasteiger partial charge >= 0.3 is 0 Å². The number of H-pyrrole nitrogens is 1. The monoisotopic (exact) mass is 342 g/mol. The molecule has 0 saturated carbocycles. The molecule has 0 radical (unpaired) electrons. The third-order valence-corrected chi connectivity index (χ3v) is 6.37. The highest BCUT2D eigenvalue weighted by Gasteiger charge is 2.35. The SMILES string of the molecule is CCCCNC(=O)C1CCCN(S(=O)(=O)c2c(C)n[nH]c2C)C1. The van der Waals surface area contributed by atoms with Crippen molar-refractivity contribution in [3.05, 3.63) is 11.4 Å². The number of unbranched alkanes of at least 4 members (excludes halogenated alkanes) is 1. The number of hydrogen-bond donors (Lipinski definition) is 2. The van der Waals surface area contributed by atoms with Crippen LogP contribution in [0.4, 0.5) is 0 Å². The fourth-order valence-corrected chi connectivity index (χ4v) is 4.81. The predicted molar refractivity (Wildman–Crippen MR) is 87.5 cm³/mol. The molecule has 2 rings (SSSR count). The van der Waals surface area contributed by atoms with Crippen molar-refractivity contribution < 1.29 is 13.2 Å². The second kappa shape index (κ2) is 7.44. The first-order chi connectivity index (χ1) is 10.9. The van der Waals surface area contributed by atoms with Crippen molar-refractivity contribution >= 4 is 15.9 Å². The Morgan fingerprint density at radius 3 is 2.78 bits per heavy atom. The number of piperidine rings is 1. The summed E-state index contributed by atoms with van der Waals surface area (Å²) in [4.78, 5) is 12.5. The van der Waals surface area contributed by atoms with Gasteiger partial charge in [0, 0.05) is 19.6 Å². The van der Waals surface area contributed by atoms with Gasteiger partial charge in [-0.05, 0) is 33.1 Å². The van der Waals surface area contributed by atoms with Crippen molar-refractivity contribution in [3.8, 4) is 0 Å². The number of carbonyl (C=O) groups is 1. The van der Waals surface area contributed by atoms with Crippen LogP contribution in [0.25, 0.3) is 0 Å². The number of nitrogens with one attached hydrogen (secondary N) is 2. The number of amides is 1. The van der Waals surface area contributed by atoms with Gasteiger partial charge in [-0.3, -0.25) is 9.89 Å². The summed E-state index contributed by atoms with van der Waals surface area (Å²) in [5.74, 6) is -0.318. The van der Waals surface area contributed by atoms with Gasteiger partial charge in [0.2, 0.25) is 15.9 Å². The van der Waals surface area contributed by atoms with E-state index in [0.29, 0.717) is 30.9 Å². The van der Waals surface area contributed by atoms with Crippen molar-refractivity contribution in [1.82, 2.24) is 19.8 Å². The van der Waals surface area contributed by atoms with Crippen molar-refractivity contribution in [2.24, 2.45) is 5.92 Å². The molecule has 1 aromatic heterocycles. The number of rotatable bonds is 6. The van der Waals surface area contributed by atoms with E-state index >= 15 is 0 Å². The van der Waals surface area contributed by atoms with Crippen LogP contribution in [0.1, 0.15) is 44.0 Å². The molecule has 1 unspecified atom stereocenters. The molecule has 7 nitrogen and oxygen atoms in total. The summed E-state index contributed by atoms with van der Waals surface area (Å²) in [6, 6.07) is 0. The Morgan fingerprint density at radius 2 is 2.17 bits per heavy atom. The van der Waals surface area contributed by atoms with E-state index < -0.39 is 10.0 Å². The van der Waals surface area contributed by atoms with Gasteiger partial charge in [0.1, 0.15) is 4.90 Å². The van der Waals surface area contributed by atoms with Crippen molar-refractivity contribution in [3.63, 3.8) is 0 Å². The Kier molecular flexibility index (Phi) is 5.80. The zero-order valence-electron chi connectivity index (χ0n) is 14.1. The maximum absolute atomic E-state index is 12.9. The third kappa shape index (κ3) is 3.92. The summed E-state index contributed by atoms with van der Waals surface area (Å²) in [6.45, 7) is 6.78.